The number of nitrogens with zero attached hydrogens (tertiary/aromatic N) is 2. The highest BCUT2D eigenvalue weighted by molar-refractivity contribution is 5.80. The van der Waals surface area contributed by atoms with Gasteiger partial charge in [0.15, 0.2) is 0 Å². The molecule has 4 heteroatoms. The van der Waals surface area contributed by atoms with Crippen LogP contribution < -0.4 is 5.32 Å². The third-order valence-electron chi connectivity index (χ3n) is 2.12. The van der Waals surface area contributed by atoms with Gasteiger partial charge in [0.25, 0.3) is 0 Å². The van der Waals surface area contributed by atoms with Crippen LogP contribution in [0.2, 0.25) is 0 Å². The van der Waals surface area contributed by atoms with Crippen LogP contribution in [-0.4, -0.2) is 22.5 Å². The van der Waals surface area contributed by atoms with E-state index in [9.17, 15) is 4.79 Å². The molecule has 1 aromatic carbocycles. The van der Waals surface area contributed by atoms with Crippen molar-refractivity contribution in [1.82, 2.24) is 14.9 Å². The van der Waals surface area contributed by atoms with Gasteiger partial charge in [0.1, 0.15) is 6.54 Å². The third-order valence-corrected chi connectivity index (χ3v) is 2.12. The maximum atomic E-state index is 11.2. The number of hydrogen-bond acceptors (Lipinski definition) is 2. The summed E-state index contributed by atoms with van der Waals surface area (Å²) in [6, 6.07) is 7.74. The molecule has 1 N–H and O–H groups in total. The first-order valence-corrected chi connectivity index (χ1v) is 4.41. The minimum absolute atomic E-state index is 0.0202. The van der Waals surface area contributed by atoms with E-state index in [1.165, 1.54) is 0 Å². The molecule has 0 unspecified atom stereocenters. The zero-order valence-corrected chi connectivity index (χ0v) is 7.90. The van der Waals surface area contributed by atoms with Crippen molar-refractivity contribution in [2.24, 2.45) is 0 Å². The number of fused-ring (bicyclic) bond motifs is 1. The van der Waals surface area contributed by atoms with Crippen molar-refractivity contribution < 1.29 is 4.79 Å². The molecule has 0 spiro atoms. The van der Waals surface area contributed by atoms with Gasteiger partial charge >= 0.3 is 0 Å². The number of amides is 1. The Bertz CT molecular complexity index is 461. The Morgan fingerprint density at radius 2 is 2.29 bits per heavy atom. The van der Waals surface area contributed by atoms with Gasteiger partial charge in [-0.15, -0.1) is 0 Å². The fourth-order valence-corrected chi connectivity index (χ4v) is 1.37. The van der Waals surface area contributed by atoms with E-state index >= 15 is 0 Å². The van der Waals surface area contributed by atoms with Gasteiger partial charge < -0.3 is 9.88 Å². The lowest BCUT2D eigenvalue weighted by molar-refractivity contribution is -0.121. The van der Waals surface area contributed by atoms with E-state index in [0.717, 1.165) is 11.0 Å². The van der Waals surface area contributed by atoms with Crippen LogP contribution in [0.3, 0.4) is 0 Å². The lowest BCUT2D eigenvalue weighted by Crippen LogP contribution is -2.22. The average molecular weight is 189 g/mol. The second-order valence-corrected chi connectivity index (χ2v) is 3.03. The highest BCUT2D eigenvalue weighted by Crippen LogP contribution is 2.10. The van der Waals surface area contributed by atoms with Crippen LogP contribution in [0.4, 0.5) is 0 Å². The summed E-state index contributed by atoms with van der Waals surface area (Å²) in [7, 11) is 1.63. The molecule has 0 saturated carbocycles. The summed E-state index contributed by atoms with van der Waals surface area (Å²) in [6.45, 7) is 0.316. The van der Waals surface area contributed by atoms with Gasteiger partial charge in [-0.25, -0.2) is 4.98 Å². The number of likely N-dealkylation sites (N-methyl/N-ethyl adjacent to an activating group) is 1. The van der Waals surface area contributed by atoms with Gasteiger partial charge in [-0.3, -0.25) is 4.79 Å². The number of carbonyl (C=O) groups excluding carboxylic acids is 1. The molecule has 1 aromatic heterocycles. The van der Waals surface area contributed by atoms with Crippen molar-refractivity contribution >= 4 is 16.9 Å². The molecule has 2 aromatic rings. The number of para-hydroxylation sites is 2. The maximum Gasteiger partial charge on any atom is 0.239 e. The van der Waals surface area contributed by atoms with Crippen molar-refractivity contribution in [2.45, 2.75) is 6.54 Å². The lowest BCUT2D eigenvalue weighted by atomic mass is 10.3. The molecule has 1 amide bonds. The number of hydrogen-bond donors (Lipinski definition) is 1. The molecule has 0 bridgehead atoms. The fraction of sp³-hybridized carbons (Fsp3) is 0.200. The van der Waals surface area contributed by atoms with Crippen LogP contribution in [-0.2, 0) is 11.3 Å². The lowest BCUT2D eigenvalue weighted by Gasteiger charge is -2.01. The first kappa shape index (κ1) is 8.74. The highest BCUT2D eigenvalue weighted by Gasteiger charge is 2.04. The Balaban J connectivity index is 2.38. The monoisotopic (exact) mass is 189 g/mol. The van der Waals surface area contributed by atoms with E-state index in [1.807, 2.05) is 28.8 Å². The van der Waals surface area contributed by atoms with Crippen LogP contribution in [0.1, 0.15) is 0 Å². The highest BCUT2D eigenvalue weighted by atomic mass is 16.1. The number of benzene rings is 1. The summed E-state index contributed by atoms with van der Waals surface area (Å²) in [5, 5.41) is 2.58. The van der Waals surface area contributed by atoms with Crippen LogP contribution in [0.25, 0.3) is 11.0 Å². The standard InChI is InChI=1S/C10H11N3O/c1-11-10(14)6-13-7-12-8-4-2-3-5-9(8)13/h2-5,7H,6H2,1H3,(H,11,14). The normalized spacial score (nSPS) is 10.4. The fourth-order valence-electron chi connectivity index (χ4n) is 1.37. The van der Waals surface area contributed by atoms with E-state index in [-0.39, 0.29) is 5.91 Å². The number of nitrogens with one attached hydrogen (secondary N) is 1. The van der Waals surface area contributed by atoms with E-state index in [1.54, 1.807) is 13.4 Å². The van der Waals surface area contributed by atoms with E-state index < -0.39 is 0 Å². The van der Waals surface area contributed by atoms with Gasteiger partial charge in [0, 0.05) is 7.05 Å². The minimum Gasteiger partial charge on any atom is -0.358 e. The molecule has 4 nitrogen and oxygen atoms in total. The Hall–Kier alpha value is -1.84. The van der Waals surface area contributed by atoms with E-state index in [2.05, 4.69) is 10.3 Å². The molecule has 0 aliphatic carbocycles. The zero-order chi connectivity index (χ0) is 9.97. The molecule has 0 radical (unpaired) electrons. The molecule has 0 fully saturated rings. The van der Waals surface area contributed by atoms with Crippen molar-refractivity contribution in [2.75, 3.05) is 7.05 Å². The summed E-state index contributed by atoms with van der Waals surface area (Å²) in [5.74, 6) is -0.0202. The largest absolute Gasteiger partial charge is 0.358 e. The topological polar surface area (TPSA) is 46.9 Å². The molecule has 0 aliphatic rings. The Kier molecular flexibility index (Phi) is 2.18. The molecule has 1 heterocycles. The zero-order valence-electron chi connectivity index (χ0n) is 7.90. The van der Waals surface area contributed by atoms with Gasteiger partial charge in [0.05, 0.1) is 17.4 Å². The van der Waals surface area contributed by atoms with E-state index in [4.69, 9.17) is 0 Å². The van der Waals surface area contributed by atoms with Gasteiger partial charge in [-0.2, -0.15) is 0 Å². The second-order valence-electron chi connectivity index (χ2n) is 3.03. The number of rotatable bonds is 2. The summed E-state index contributed by atoms with van der Waals surface area (Å²) in [4.78, 5) is 15.4. The van der Waals surface area contributed by atoms with Crippen LogP contribution >= 0.6 is 0 Å². The molecule has 2 rings (SSSR count). The molecule has 72 valence electrons. The maximum absolute atomic E-state index is 11.2. The van der Waals surface area contributed by atoms with Gasteiger partial charge in [-0.1, -0.05) is 12.1 Å². The number of imidazole rings is 1. The first-order valence-electron chi connectivity index (χ1n) is 4.41. The van der Waals surface area contributed by atoms with E-state index in [0.29, 0.717) is 6.54 Å². The van der Waals surface area contributed by atoms with Crippen LogP contribution in [0, 0.1) is 0 Å². The predicted molar refractivity (Wildman–Crippen MR) is 53.8 cm³/mol. The molecular weight excluding hydrogens is 178 g/mol. The van der Waals surface area contributed by atoms with Crippen molar-refractivity contribution in [3.8, 4) is 0 Å². The Labute approximate surface area is 81.6 Å². The summed E-state index contributed by atoms with van der Waals surface area (Å²) < 4.78 is 1.83. The number of aromatic nitrogens is 2. The Morgan fingerprint density at radius 1 is 1.50 bits per heavy atom. The summed E-state index contributed by atoms with van der Waals surface area (Å²) >= 11 is 0. The summed E-state index contributed by atoms with van der Waals surface area (Å²) in [5.41, 5.74) is 1.90. The molecular formula is C10H11N3O. The summed E-state index contributed by atoms with van der Waals surface area (Å²) in [6.07, 6.45) is 1.68. The van der Waals surface area contributed by atoms with Crippen LogP contribution in [0.5, 0.6) is 0 Å². The number of carbonyl (C=O) groups is 1. The quantitative estimate of drug-likeness (QED) is 0.759. The third kappa shape index (κ3) is 1.46. The smallest absolute Gasteiger partial charge is 0.239 e. The predicted octanol–water partition coefficient (Wildman–Crippen LogP) is 0.782. The molecule has 14 heavy (non-hydrogen) atoms. The SMILES string of the molecule is CNC(=O)Cn1cnc2ccccc21. The van der Waals surface area contributed by atoms with Crippen molar-refractivity contribution in [3.63, 3.8) is 0 Å². The average Bonchev–Trinajstić information content (AvgIpc) is 2.62. The van der Waals surface area contributed by atoms with Crippen molar-refractivity contribution in [3.05, 3.63) is 30.6 Å². The van der Waals surface area contributed by atoms with Gasteiger partial charge in [0.2, 0.25) is 5.91 Å². The van der Waals surface area contributed by atoms with Crippen LogP contribution in [0.15, 0.2) is 30.6 Å². The molecule has 0 saturated heterocycles. The minimum atomic E-state index is -0.0202. The van der Waals surface area contributed by atoms with Crippen molar-refractivity contribution in [1.29, 1.82) is 0 Å². The first-order chi connectivity index (χ1) is 6.81. The molecule has 0 aliphatic heterocycles. The van der Waals surface area contributed by atoms with Gasteiger partial charge in [-0.05, 0) is 12.1 Å². The molecule has 0 atom stereocenters. The second kappa shape index (κ2) is 3.49. The Morgan fingerprint density at radius 3 is 3.07 bits per heavy atom.